The highest BCUT2D eigenvalue weighted by atomic mass is 15.3. The average Bonchev–Trinajstić information content (AvgIpc) is 2.66. The van der Waals surface area contributed by atoms with Gasteiger partial charge < -0.3 is 0 Å². The third-order valence-electron chi connectivity index (χ3n) is 3.25. The number of nitrogens with one attached hydrogen (secondary N) is 1. The molecule has 0 aromatic carbocycles. The zero-order valence-corrected chi connectivity index (χ0v) is 10.9. The Morgan fingerprint density at radius 2 is 2.29 bits per heavy atom. The van der Waals surface area contributed by atoms with E-state index in [9.17, 15) is 0 Å². The summed E-state index contributed by atoms with van der Waals surface area (Å²) in [5, 5.41) is 4.25. The third-order valence-corrected chi connectivity index (χ3v) is 3.25. The van der Waals surface area contributed by atoms with Gasteiger partial charge >= 0.3 is 0 Å². The Hall–Kier alpha value is -1.13. The maximum absolute atomic E-state index is 5.62. The van der Waals surface area contributed by atoms with Gasteiger partial charge in [-0.2, -0.15) is 5.10 Å². The van der Waals surface area contributed by atoms with Crippen molar-refractivity contribution in [2.45, 2.75) is 45.1 Å². The second-order valence-electron chi connectivity index (χ2n) is 4.45. The van der Waals surface area contributed by atoms with E-state index < -0.39 is 0 Å². The number of aromatic nitrogens is 2. The van der Waals surface area contributed by atoms with Crippen molar-refractivity contribution >= 4 is 0 Å². The quantitative estimate of drug-likeness (QED) is 0.315. The summed E-state index contributed by atoms with van der Waals surface area (Å²) in [6.07, 6.45) is 9.66. The number of rotatable bonds is 8. The van der Waals surface area contributed by atoms with Crippen LogP contribution < -0.4 is 11.3 Å². The number of hydrogen-bond acceptors (Lipinski definition) is 3. The molecule has 1 unspecified atom stereocenters. The van der Waals surface area contributed by atoms with Crippen molar-refractivity contribution in [3.05, 3.63) is 30.1 Å². The standard InChI is InChI=1S/C13H24N4/c1-4-5-6-7-8-9-13(16-14)12-10-15-17(3)11(12)2/h4,10,13,16H,1,5-9,14H2,2-3H3. The Morgan fingerprint density at radius 3 is 2.82 bits per heavy atom. The van der Waals surface area contributed by atoms with Crippen LogP contribution in [0, 0.1) is 6.92 Å². The first-order chi connectivity index (χ1) is 8.20. The molecular weight excluding hydrogens is 212 g/mol. The maximum Gasteiger partial charge on any atom is 0.0540 e. The number of nitrogens with zero attached hydrogens (tertiary/aromatic N) is 2. The molecule has 3 N–H and O–H groups in total. The van der Waals surface area contributed by atoms with E-state index in [1.54, 1.807) is 0 Å². The molecule has 0 saturated carbocycles. The molecule has 17 heavy (non-hydrogen) atoms. The lowest BCUT2D eigenvalue weighted by Crippen LogP contribution is -2.28. The van der Waals surface area contributed by atoms with Crippen molar-refractivity contribution in [2.75, 3.05) is 0 Å². The number of hydrazine groups is 1. The van der Waals surface area contributed by atoms with Gasteiger partial charge in [-0.05, 0) is 26.2 Å². The molecular formula is C13H24N4. The minimum absolute atomic E-state index is 0.215. The highest BCUT2D eigenvalue weighted by molar-refractivity contribution is 5.20. The van der Waals surface area contributed by atoms with Crippen molar-refractivity contribution in [2.24, 2.45) is 12.9 Å². The van der Waals surface area contributed by atoms with Gasteiger partial charge in [-0.3, -0.25) is 16.0 Å². The molecule has 4 nitrogen and oxygen atoms in total. The van der Waals surface area contributed by atoms with Crippen LogP contribution in [0.5, 0.6) is 0 Å². The molecule has 1 rings (SSSR count). The summed E-state index contributed by atoms with van der Waals surface area (Å²) in [6.45, 7) is 5.80. The smallest absolute Gasteiger partial charge is 0.0540 e. The Labute approximate surface area is 104 Å². The second-order valence-corrected chi connectivity index (χ2v) is 4.45. The van der Waals surface area contributed by atoms with Crippen molar-refractivity contribution in [3.8, 4) is 0 Å². The summed E-state index contributed by atoms with van der Waals surface area (Å²) >= 11 is 0. The predicted molar refractivity (Wildman–Crippen MR) is 71.3 cm³/mol. The monoisotopic (exact) mass is 236 g/mol. The third kappa shape index (κ3) is 3.98. The number of allylic oxidation sites excluding steroid dienone is 1. The molecule has 0 spiro atoms. The van der Waals surface area contributed by atoms with E-state index in [1.807, 2.05) is 24.0 Å². The van der Waals surface area contributed by atoms with Gasteiger partial charge in [-0.25, -0.2) is 0 Å². The lowest BCUT2D eigenvalue weighted by Gasteiger charge is -2.15. The predicted octanol–water partition coefficient (Wildman–Crippen LogP) is 2.37. The Balaban J connectivity index is 2.43. The molecule has 0 bridgehead atoms. The van der Waals surface area contributed by atoms with Gasteiger partial charge in [0.25, 0.3) is 0 Å². The number of hydrogen-bond donors (Lipinski definition) is 2. The average molecular weight is 236 g/mol. The molecule has 0 aliphatic heterocycles. The van der Waals surface area contributed by atoms with E-state index in [0.29, 0.717) is 0 Å². The largest absolute Gasteiger partial charge is 0.273 e. The van der Waals surface area contributed by atoms with Gasteiger partial charge in [-0.1, -0.05) is 18.9 Å². The van der Waals surface area contributed by atoms with E-state index in [2.05, 4.69) is 24.0 Å². The first kappa shape index (κ1) is 13.9. The summed E-state index contributed by atoms with van der Waals surface area (Å²) in [5.41, 5.74) is 5.28. The molecule has 0 radical (unpaired) electrons. The van der Waals surface area contributed by atoms with E-state index in [0.717, 1.165) is 12.8 Å². The van der Waals surface area contributed by atoms with E-state index in [4.69, 9.17) is 5.84 Å². The van der Waals surface area contributed by atoms with Crippen LogP contribution in [-0.4, -0.2) is 9.78 Å². The Bertz CT molecular complexity index is 343. The van der Waals surface area contributed by atoms with Crippen molar-refractivity contribution < 1.29 is 0 Å². The summed E-state index contributed by atoms with van der Waals surface area (Å²) in [7, 11) is 1.95. The van der Waals surface area contributed by atoms with Gasteiger partial charge in [0.15, 0.2) is 0 Å². The van der Waals surface area contributed by atoms with Crippen LogP contribution in [0.3, 0.4) is 0 Å². The van der Waals surface area contributed by atoms with Gasteiger partial charge in [0.1, 0.15) is 0 Å². The summed E-state index contributed by atoms with van der Waals surface area (Å²) in [4.78, 5) is 0. The first-order valence-corrected chi connectivity index (χ1v) is 6.26. The zero-order valence-electron chi connectivity index (χ0n) is 10.9. The molecule has 0 aliphatic rings. The minimum atomic E-state index is 0.215. The maximum atomic E-state index is 5.62. The van der Waals surface area contributed by atoms with Crippen molar-refractivity contribution in [3.63, 3.8) is 0 Å². The zero-order chi connectivity index (χ0) is 12.7. The molecule has 0 saturated heterocycles. The second kappa shape index (κ2) is 7.25. The number of aryl methyl sites for hydroxylation is 1. The lowest BCUT2D eigenvalue weighted by molar-refractivity contribution is 0.481. The highest BCUT2D eigenvalue weighted by Gasteiger charge is 2.14. The van der Waals surface area contributed by atoms with Crippen molar-refractivity contribution in [1.29, 1.82) is 0 Å². The van der Waals surface area contributed by atoms with E-state index in [1.165, 1.54) is 30.5 Å². The first-order valence-electron chi connectivity index (χ1n) is 6.26. The van der Waals surface area contributed by atoms with E-state index >= 15 is 0 Å². The Kier molecular flexibility index (Phi) is 5.94. The van der Waals surface area contributed by atoms with Crippen LogP contribution >= 0.6 is 0 Å². The topological polar surface area (TPSA) is 55.9 Å². The van der Waals surface area contributed by atoms with E-state index in [-0.39, 0.29) is 6.04 Å². The SMILES string of the molecule is C=CCCCCCC(NN)c1cnn(C)c1C. The fraction of sp³-hybridized carbons (Fsp3) is 0.615. The molecule has 1 atom stereocenters. The lowest BCUT2D eigenvalue weighted by atomic mass is 10.0. The van der Waals surface area contributed by atoms with Gasteiger partial charge in [0.2, 0.25) is 0 Å². The van der Waals surface area contributed by atoms with Crippen LogP contribution in [-0.2, 0) is 7.05 Å². The normalized spacial score (nSPS) is 12.6. The molecule has 1 aromatic heterocycles. The van der Waals surface area contributed by atoms with Crippen molar-refractivity contribution in [1.82, 2.24) is 15.2 Å². The number of nitrogens with two attached hydrogens (primary N) is 1. The molecule has 0 amide bonds. The molecule has 4 heteroatoms. The Morgan fingerprint density at radius 1 is 1.53 bits per heavy atom. The summed E-state index contributed by atoms with van der Waals surface area (Å²) in [5.74, 6) is 5.62. The minimum Gasteiger partial charge on any atom is -0.273 e. The molecule has 1 aromatic rings. The molecule has 0 aliphatic carbocycles. The fourth-order valence-corrected chi connectivity index (χ4v) is 2.00. The van der Waals surface area contributed by atoms with Gasteiger partial charge in [-0.15, -0.1) is 6.58 Å². The summed E-state index contributed by atoms with van der Waals surface area (Å²) in [6, 6.07) is 0.215. The van der Waals surface area contributed by atoms with Crippen LogP contribution in [0.25, 0.3) is 0 Å². The van der Waals surface area contributed by atoms with Gasteiger partial charge in [0, 0.05) is 24.3 Å². The molecule has 1 heterocycles. The van der Waals surface area contributed by atoms with Crippen LogP contribution in [0.1, 0.15) is 49.4 Å². The van der Waals surface area contributed by atoms with Crippen LogP contribution in [0.2, 0.25) is 0 Å². The number of unbranched alkanes of at least 4 members (excludes halogenated alkanes) is 3. The molecule has 96 valence electrons. The van der Waals surface area contributed by atoms with Gasteiger partial charge in [0.05, 0.1) is 6.20 Å². The van der Waals surface area contributed by atoms with Crippen LogP contribution in [0.4, 0.5) is 0 Å². The fourth-order valence-electron chi connectivity index (χ4n) is 2.00. The molecule has 0 fully saturated rings. The summed E-state index contributed by atoms with van der Waals surface area (Å²) < 4.78 is 1.89. The van der Waals surface area contributed by atoms with Crippen LogP contribution in [0.15, 0.2) is 18.9 Å². The highest BCUT2D eigenvalue weighted by Crippen LogP contribution is 2.21.